The van der Waals surface area contributed by atoms with Gasteiger partial charge in [0.15, 0.2) is 0 Å². The van der Waals surface area contributed by atoms with Gasteiger partial charge in [0.1, 0.15) is 0 Å². The number of nitrogens with one attached hydrogen (secondary N) is 2. The second-order valence-electron chi connectivity index (χ2n) is 6.94. The number of piperazine rings is 2. The summed E-state index contributed by atoms with van der Waals surface area (Å²) in [4.78, 5) is 37.9. The van der Waals surface area contributed by atoms with Crippen molar-refractivity contribution in [3.63, 3.8) is 0 Å². The molecule has 0 saturated carbocycles. The van der Waals surface area contributed by atoms with E-state index in [1.165, 1.54) is 0 Å². The predicted octanol–water partition coefficient (Wildman–Crippen LogP) is 0.234. The lowest BCUT2D eigenvalue weighted by Crippen LogP contribution is -2.46. The Morgan fingerprint density at radius 3 is 1.50 bits per heavy atom. The maximum Gasteiger partial charge on any atom is 0.254 e. The molecule has 2 aliphatic rings. The van der Waals surface area contributed by atoms with E-state index in [9.17, 15) is 9.59 Å². The third-order valence-corrected chi connectivity index (χ3v) is 5.08. The van der Waals surface area contributed by atoms with Gasteiger partial charge in [0, 0.05) is 75.9 Å². The van der Waals surface area contributed by atoms with Crippen LogP contribution in [0, 0.1) is 0 Å². The lowest BCUT2D eigenvalue weighted by molar-refractivity contribution is 0.0728. The molecule has 2 N–H and O–H groups in total. The van der Waals surface area contributed by atoms with Crippen molar-refractivity contribution < 1.29 is 9.59 Å². The Morgan fingerprint density at radius 1 is 0.714 bits per heavy atom. The molecule has 2 saturated heterocycles. The summed E-state index contributed by atoms with van der Waals surface area (Å²) < 4.78 is 0. The first-order valence-corrected chi connectivity index (χ1v) is 9.65. The van der Waals surface area contributed by atoms with Gasteiger partial charge in [-0.3, -0.25) is 19.6 Å². The molecule has 0 unspecified atom stereocenters. The SMILES string of the molecule is O=C(c1ccnc(-c2cc(C(=O)N3CCNCC3)ccn2)c1)N1CCNCC1. The number of rotatable bonds is 3. The van der Waals surface area contributed by atoms with Crippen LogP contribution in [0.2, 0.25) is 0 Å². The number of aromatic nitrogens is 2. The molecule has 0 spiro atoms. The van der Waals surface area contributed by atoms with Crippen LogP contribution in [0.3, 0.4) is 0 Å². The van der Waals surface area contributed by atoms with E-state index in [2.05, 4.69) is 20.6 Å². The zero-order chi connectivity index (χ0) is 19.3. The standard InChI is InChI=1S/C20H24N6O2/c27-19(25-9-5-21-6-10-25)15-1-3-23-17(13-15)18-14-16(2-4-24-18)20(28)26-11-7-22-8-12-26/h1-4,13-14,21-22H,5-12H2. The van der Waals surface area contributed by atoms with Crippen molar-refractivity contribution in [3.05, 3.63) is 47.8 Å². The van der Waals surface area contributed by atoms with Crippen molar-refractivity contribution in [1.82, 2.24) is 30.4 Å². The molecule has 0 radical (unpaired) electrons. The van der Waals surface area contributed by atoms with Gasteiger partial charge in [-0.05, 0) is 24.3 Å². The smallest absolute Gasteiger partial charge is 0.254 e. The molecule has 28 heavy (non-hydrogen) atoms. The molecule has 2 amide bonds. The van der Waals surface area contributed by atoms with Crippen LogP contribution in [0.15, 0.2) is 36.7 Å². The molecule has 8 nitrogen and oxygen atoms in total. The number of carbonyl (C=O) groups is 2. The quantitative estimate of drug-likeness (QED) is 0.793. The largest absolute Gasteiger partial charge is 0.336 e. The van der Waals surface area contributed by atoms with Crippen LogP contribution in [0.5, 0.6) is 0 Å². The van der Waals surface area contributed by atoms with Crippen LogP contribution in [0.1, 0.15) is 20.7 Å². The van der Waals surface area contributed by atoms with Gasteiger partial charge in [-0.25, -0.2) is 0 Å². The van der Waals surface area contributed by atoms with Crippen molar-refractivity contribution in [3.8, 4) is 11.4 Å². The highest BCUT2D eigenvalue weighted by atomic mass is 16.2. The summed E-state index contributed by atoms with van der Waals surface area (Å²) in [7, 11) is 0. The minimum atomic E-state index is -0.00167. The minimum Gasteiger partial charge on any atom is -0.336 e. The van der Waals surface area contributed by atoms with Gasteiger partial charge >= 0.3 is 0 Å². The van der Waals surface area contributed by atoms with E-state index in [0.29, 0.717) is 48.7 Å². The first kappa shape index (κ1) is 18.5. The Balaban J connectivity index is 1.55. The van der Waals surface area contributed by atoms with E-state index in [1.807, 2.05) is 9.80 Å². The minimum absolute atomic E-state index is 0.00167. The molecule has 4 rings (SSSR count). The molecule has 2 aliphatic heterocycles. The third-order valence-electron chi connectivity index (χ3n) is 5.08. The topological polar surface area (TPSA) is 90.5 Å². The van der Waals surface area contributed by atoms with Gasteiger partial charge in [-0.2, -0.15) is 0 Å². The second-order valence-corrected chi connectivity index (χ2v) is 6.94. The molecular formula is C20H24N6O2. The highest BCUT2D eigenvalue weighted by Gasteiger charge is 2.20. The van der Waals surface area contributed by atoms with Crippen molar-refractivity contribution in [2.75, 3.05) is 52.4 Å². The average molecular weight is 380 g/mol. The molecule has 8 heteroatoms. The molecule has 2 fully saturated rings. The number of carbonyl (C=O) groups excluding carboxylic acids is 2. The van der Waals surface area contributed by atoms with Crippen molar-refractivity contribution in [2.45, 2.75) is 0 Å². The number of pyridine rings is 2. The fourth-order valence-electron chi connectivity index (χ4n) is 3.51. The van der Waals surface area contributed by atoms with Crippen LogP contribution < -0.4 is 10.6 Å². The van der Waals surface area contributed by atoms with E-state index in [0.717, 1.165) is 26.2 Å². The first-order chi connectivity index (χ1) is 13.7. The summed E-state index contributed by atoms with van der Waals surface area (Å²) in [6.45, 7) is 6.02. The monoisotopic (exact) mass is 380 g/mol. The predicted molar refractivity (Wildman–Crippen MR) is 105 cm³/mol. The van der Waals surface area contributed by atoms with Crippen LogP contribution in [0.25, 0.3) is 11.4 Å². The van der Waals surface area contributed by atoms with Gasteiger partial charge in [-0.1, -0.05) is 0 Å². The molecule has 0 aliphatic carbocycles. The molecular weight excluding hydrogens is 356 g/mol. The van der Waals surface area contributed by atoms with E-state index >= 15 is 0 Å². The highest BCUT2D eigenvalue weighted by molar-refractivity contribution is 5.96. The Kier molecular flexibility index (Phi) is 5.59. The van der Waals surface area contributed by atoms with Crippen LogP contribution in [-0.2, 0) is 0 Å². The van der Waals surface area contributed by atoms with Crippen LogP contribution >= 0.6 is 0 Å². The van der Waals surface area contributed by atoms with Gasteiger partial charge in [0.25, 0.3) is 11.8 Å². The fourth-order valence-corrected chi connectivity index (χ4v) is 3.51. The van der Waals surface area contributed by atoms with Gasteiger partial charge in [0.05, 0.1) is 11.4 Å². The number of amides is 2. The summed E-state index contributed by atoms with van der Waals surface area (Å²) in [5.41, 5.74) is 2.37. The summed E-state index contributed by atoms with van der Waals surface area (Å²) in [6, 6.07) is 6.96. The summed E-state index contributed by atoms with van der Waals surface area (Å²) in [6.07, 6.45) is 3.24. The summed E-state index contributed by atoms with van der Waals surface area (Å²) >= 11 is 0. The Morgan fingerprint density at radius 2 is 1.11 bits per heavy atom. The Hall–Kier alpha value is -2.84. The number of hydrogen-bond donors (Lipinski definition) is 2. The van der Waals surface area contributed by atoms with Crippen molar-refractivity contribution in [1.29, 1.82) is 0 Å². The normalized spacial score (nSPS) is 17.4. The van der Waals surface area contributed by atoms with Gasteiger partial charge in [-0.15, -0.1) is 0 Å². The average Bonchev–Trinajstić information content (AvgIpc) is 2.79. The second kappa shape index (κ2) is 8.45. The molecule has 0 aromatic carbocycles. The number of hydrogen-bond acceptors (Lipinski definition) is 6. The molecule has 4 heterocycles. The zero-order valence-electron chi connectivity index (χ0n) is 15.7. The third kappa shape index (κ3) is 4.02. The molecule has 146 valence electrons. The molecule has 2 aromatic rings. The lowest BCUT2D eigenvalue weighted by Gasteiger charge is -2.27. The number of nitrogens with zero attached hydrogens (tertiary/aromatic N) is 4. The van der Waals surface area contributed by atoms with E-state index < -0.39 is 0 Å². The molecule has 0 bridgehead atoms. The van der Waals surface area contributed by atoms with Gasteiger partial charge < -0.3 is 20.4 Å². The lowest BCUT2D eigenvalue weighted by atomic mass is 10.1. The highest BCUT2D eigenvalue weighted by Crippen LogP contribution is 2.19. The fraction of sp³-hybridized carbons (Fsp3) is 0.400. The van der Waals surface area contributed by atoms with E-state index in [1.54, 1.807) is 36.7 Å². The van der Waals surface area contributed by atoms with E-state index in [4.69, 9.17) is 0 Å². The zero-order valence-corrected chi connectivity index (χ0v) is 15.7. The van der Waals surface area contributed by atoms with Crippen molar-refractivity contribution in [2.24, 2.45) is 0 Å². The van der Waals surface area contributed by atoms with Crippen LogP contribution in [0.4, 0.5) is 0 Å². The van der Waals surface area contributed by atoms with E-state index in [-0.39, 0.29) is 11.8 Å². The molecule has 0 atom stereocenters. The summed E-state index contributed by atoms with van der Waals surface area (Å²) in [5, 5.41) is 6.49. The van der Waals surface area contributed by atoms with Crippen LogP contribution in [-0.4, -0.2) is 83.9 Å². The first-order valence-electron chi connectivity index (χ1n) is 9.65. The maximum absolute atomic E-state index is 12.7. The van der Waals surface area contributed by atoms with Gasteiger partial charge in [0.2, 0.25) is 0 Å². The maximum atomic E-state index is 12.7. The van der Waals surface area contributed by atoms with Crippen molar-refractivity contribution >= 4 is 11.8 Å². The Bertz CT molecular complexity index is 788. The summed E-state index contributed by atoms with van der Waals surface area (Å²) in [5.74, 6) is -0.00334. The molecule has 2 aromatic heterocycles. The Labute approximate surface area is 164 Å².